The summed E-state index contributed by atoms with van der Waals surface area (Å²) < 4.78 is 0. The zero-order valence-electron chi connectivity index (χ0n) is 7.33. The number of hydrogen-bond donors (Lipinski definition) is 1. The van der Waals surface area contributed by atoms with Gasteiger partial charge in [-0.15, -0.1) is 0 Å². The molecule has 0 spiro atoms. The smallest absolute Gasteiger partial charge is 0.261 e. The van der Waals surface area contributed by atoms with Crippen LogP contribution in [0.1, 0.15) is 5.56 Å². The van der Waals surface area contributed by atoms with Gasteiger partial charge in [-0.25, -0.2) is 9.97 Å². The third-order valence-electron chi connectivity index (χ3n) is 1.71. The lowest BCUT2D eigenvalue weighted by atomic mass is 10.3. The highest BCUT2D eigenvalue weighted by molar-refractivity contribution is 7.13. The summed E-state index contributed by atoms with van der Waals surface area (Å²) in [4.78, 5) is 7.08. The highest BCUT2D eigenvalue weighted by atomic mass is 35.5. The average molecular weight is 227 g/mol. The molecule has 0 fully saturated rings. The minimum atomic E-state index is 0.524. The van der Waals surface area contributed by atoms with Gasteiger partial charge in [0.15, 0.2) is 0 Å². The number of anilines is 1. The highest BCUT2D eigenvalue weighted by Crippen LogP contribution is 2.09. The van der Waals surface area contributed by atoms with E-state index in [2.05, 4.69) is 15.3 Å². The van der Waals surface area contributed by atoms with E-state index in [0.717, 1.165) is 17.2 Å². The molecule has 2 aromatic heterocycles. The minimum Gasteiger partial charge on any atom is -0.261 e. The first kappa shape index (κ1) is 9.43. The Morgan fingerprint density at radius 3 is 3.07 bits per heavy atom. The summed E-state index contributed by atoms with van der Waals surface area (Å²) in [6.07, 6.45) is 3.66. The molecule has 0 saturated heterocycles. The van der Waals surface area contributed by atoms with Crippen molar-refractivity contribution in [1.29, 1.82) is 0 Å². The van der Waals surface area contributed by atoms with Crippen molar-refractivity contribution in [2.45, 2.75) is 6.54 Å². The summed E-state index contributed by atoms with van der Waals surface area (Å²) in [6, 6.07) is 3.74. The van der Waals surface area contributed by atoms with Crippen molar-refractivity contribution in [2.24, 2.45) is 0 Å². The molecule has 0 unspecified atom stereocenters. The van der Waals surface area contributed by atoms with Crippen LogP contribution in [0.5, 0.6) is 0 Å². The van der Waals surface area contributed by atoms with Crippen molar-refractivity contribution in [3.05, 3.63) is 40.6 Å². The molecule has 0 atom stereocenters. The molecule has 0 bridgehead atoms. The maximum Gasteiger partial charge on any atom is 0.331 e. The fraction of sp³-hybridized carbons (Fsp3) is 0.111. The summed E-state index contributed by atoms with van der Waals surface area (Å²) >= 11 is 7.31. The standard InChI is InChI=1S/C9H8ClN3S/c10-8-2-1-7(5-12-8)6-13-9-11-3-4-14-9/h1-5H,6H2,(H,11,13)/p+1. The first-order chi connectivity index (χ1) is 6.84. The van der Waals surface area contributed by atoms with Crippen LogP contribution in [-0.4, -0.2) is 4.98 Å². The molecule has 0 radical (unpaired) electrons. The van der Waals surface area contributed by atoms with Crippen LogP contribution in [0.15, 0.2) is 29.9 Å². The van der Waals surface area contributed by atoms with E-state index in [9.17, 15) is 0 Å². The zero-order valence-corrected chi connectivity index (χ0v) is 8.90. The van der Waals surface area contributed by atoms with E-state index >= 15 is 0 Å². The molecule has 2 rings (SSSR count). The molecule has 0 aliphatic heterocycles. The molecule has 0 aliphatic rings. The zero-order chi connectivity index (χ0) is 9.80. The lowest BCUT2D eigenvalue weighted by Gasteiger charge is -1.96. The predicted octanol–water partition coefficient (Wildman–Crippen LogP) is 2.22. The van der Waals surface area contributed by atoms with E-state index in [4.69, 9.17) is 11.6 Å². The topological polar surface area (TPSA) is 39.1 Å². The van der Waals surface area contributed by atoms with Crippen molar-refractivity contribution in [3.63, 3.8) is 0 Å². The minimum absolute atomic E-state index is 0.524. The largest absolute Gasteiger partial charge is 0.331 e. The summed E-state index contributed by atoms with van der Waals surface area (Å²) in [5, 5.41) is 6.79. The van der Waals surface area contributed by atoms with Gasteiger partial charge in [0.2, 0.25) is 0 Å². The number of nitrogens with zero attached hydrogens (tertiary/aromatic N) is 1. The monoisotopic (exact) mass is 226 g/mol. The Morgan fingerprint density at radius 2 is 2.43 bits per heavy atom. The van der Waals surface area contributed by atoms with E-state index < -0.39 is 0 Å². The van der Waals surface area contributed by atoms with Crippen LogP contribution < -0.4 is 10.3 Å². The first-order valence-corrected chi connectivity index (χ1v) is 5.40. The number of pyridine rings is 1. The summed E-state index contributed by atoms with van der Waals surface area (Å²) in [7, 11) is 0. The molecule has 14 heavy (non-hydrogen) atoms. The molecule has 0 aromatic carbocycles. The predicted molar refractivity (Wildman–Crippen MR) is 57.4 cm³/mol. The van der Waals surface area contributed by atoms with Crippen molar-refractivity contribution >= 4 is 28.1 Å². The van der Waals surface area contributed by atoms with Gasteiger partial charge in [-0.1, -0.05) is 29.0 Å². The third kappa shape index (κ3) is 2.43. The van der Waals surface area contributed by atoms with Gasteiger partial charge in [0, 0.05) is 17.1 Å². The van der Waals surface area contributed by atoms with E-state index in [1.807, 2.05) is 17.6 Å². The SMILES string of the molecule is Clc1ccc(CNc2[nH+]ccs2)cn1. The van der Waals surface area contributed by atoms with Gasteiger partial charge in [0.1, 0.15) is 11.7 Å². The number of H-pyrrole nitrogens is 1. The molecule has 0 aliphatic carbocycles. The number of aromatic amines is 1. The normalized spacial score (nSPS) is 10.1. The van der Waals surface area contributed by atoms with Crippen LogP contribution in [0, 0.1) is 0 Å². The van der Waals surface area contributed by atoms with E-state index in [1.54, 1.807) is 23.6 Å². The van der Waals surface area contributed by atoms with Crippen molar-refractivity contribution < 1.29 is 4.98 Å². The van der Waals surface area contributed by atoms with Gasteiger partial charge in [-0.2, -0.15) is 0 Å². The van der Waals surface area contributed by atoms with Crippen LogP contribution in [0.2, 0.25) is 5.15 Å². The third-order valence-corrected chi connectivity index (χ3v) is 2.70. The Hall–Kier alpha value is -1.13. The van der Waals surface area contributed by atoms with E-state index in [1.165, 1.54) is 0 Å². The van der Waals surface area contributed by atoms with Crippen LogP contribution in [0.25, 0.3) is 0 Å². The first-order valence-electron chi connectivity index (χ1n) is 4.14. The summed E-state index contributed by atoms with van der Waals surface area (Å²) in [6.45, 7) is 0.751. The summed E-state index contributed by atoms with van der Waals surface area (Å²) in [5.74, 6) is 0. The maximum atomic E-state index is 5.68. The molecule has 3 nitrogen and oxygen atoms in total. The molecular weight excluding hydrogens is 218 g/mol. The number of hydrogen-bond acceptors (Lipinski definition) is 3. The number of thiazole rings is 1. The fourth-order valence-corrected chi connectivity index (χ4v) is 1.71. The average Bonchev–Trinajstić information content (AvgIpc) is 2.70. The van der Waals surface area contributed by atoms with Crippen LogP contribution in [0.4, 0.5) is 5.13 Å². The van der Waals surface area contributed by atoms with Gasteiger partial charge in [-0.05, 0) is 6.07 Å². The van der Waals surface area contributed by atoms with Crippen molar-refractivity contribution in [2.75, 3.05) is 5.32 Å². The van der Waals surface area contributed by atoms with E-state index in [-0.39, 0.29) is 0 Å². The second-order valence-electron chi connectivity index (χ2n) is 2.74. The Morgan fingerprint density at radius 1 is 1.50 bits per heavy atom. The maximum absolute atomic E-state index is 5.68. The Kier molecular flexibility index (Phi) is 2.96. The quantitative estimate of drug-likeness (QED) is 0.816. The lowest BCUT2D eigenvalue weighted by molar-refractivity contribution is -0.354. The van der Waals surface area contributed by atoms with Crippen LogP contribution >= 0.6 is 22.9 Å². The molecule has 0 amide bonds. The van der Waals surface area contributed by atoms with Crippen molar-refractivity contribution in [3.8, 4) is 0 Å². The second-order valence-corrected chi connectivity index (χ2v) is 4.04. The van der Waals surface area contributed by atoms with Crippen LogP contribution in [-0.2, 0) is 6.54 Å². The van der Waals surface area contributed by atoms with E-state index in [0.29, 0.717) is 5.15 Å². The highest BCUT2D eigenvalue weighted by Gasteiger charge is 2.01. The number of nitrogens with one attached hydrogen (secondary N) is 2. The van der Waals surface area contributed by atoms with Gasteiger partial charge >= 0.3 is 5.13 Å². The molecular formula is C9H9ClN3S+. The Bertz CT molecular complexity index is 385. The second kappa shape index (κ2) is 4.39. The lowest BCUT2D eigenvalue weighted by Crippen LogP contribution is -2.07. The van der Waals surface area contributed by atoms with Gasteiger partial charge in [0.05, 0.1) is 6.20 Å². The van der Waals surface area contributed by atoms with Gasteiger partial charge in [0.25, 0.3) is 0 Å². The molecule has 2 heterocycles. The van der Waals surface area contributed by atoms with Gasteiger partial charge < -0.3 is 0 Å². The molecule has 0 saturated carbocycles. The summed E-state index contributed by atoms with van der Waals surface area (Å²) in [5.41, 5.74) is 1.11. The fourth-order valence-electron chi connectivity index (χ4n) is 1.03. The molecule has 5 heteroatoms. The Balaban J connectivity index is 1.95. The molecule has 72 valence electrons. The number of aromatic nitrogens is 2. The van der Waals surface area contributed by atoms with Crippen LogP contribution in [0.3, 0.4) is 0 Å². The van der Waals surface area contributed by atoms with Gasteiger partial charge in [-0.3, -0.25) is 5.32 Å². The number of halogens is 1. The Labute approximate surface area is 90.8 Å². The number of rotatable bonds is 3. The molecule has 2 aromatic rings. The molecule has 2 N–H and O–H groups in total. The van der Waals surface area contributed by atoms with Crippen molar-refractivity contribution in [1.82, 2.24) is 4.98 Å².